The van der Waals surface area contributed by atoms with Gasteiger partial charge in [-0.15, -0.1) is 0 Å². The van der Waals surface area contributed by atoms with Crippen molar-refractivity contribution in [3.05, 3.63) is 164 Å². The van der Waals surface area contributed by atoms with E-state index in [1.54, 1.807) is 0 Å². The van der Waals surface area contributed by atoms with Crippen LogP contribution in [0.1, 0.15) is 0 Å². The van der Waals surface area contributed by atoms with E-state index in [0.29, 0.717) is 5.82 Å². The van der Waals surface area contributed by atoms with Crippen molar-refractivity contribution in [3.63, 3.8) is 0 Å². The van der Waals surface area contributed by atoms with Gasteiger partial charge in [0.1, 0.15) is 22.3 Å². The minimum Gasteiger partial charge on any atom is -0.455 e. The molecule has 0 unspecified atom stereocenters. The van der Waals surface area contributed by atoms with Crippen LogP contribution in [0.25, 0.3) is 105 Å². The predicted octanol–water partition coefficient (Wildman–Crippen LogP) is 12.4. The quantitative estimate of drug-likeness (QED) is 0.190. The van der Waals surface area contributed by atoms with E-state index in [4.69, 9.17) is 18.8 Å². The number of aromatic nitrogens is 3. The molecule has 0 saturated heterocycles. The van der Waals surface area contributed by atoms with Crippen molar-refractivity contribution in [2.24, 2.45) is 0 Å². The average molecular weight is 654 g/mol. The van der Waals surface area contributed by atoms with Gasteiger partial charge in [0, 0.05) is 49.3 Å². The van der Waals surface area contributed by atoms with Crippen LogP contribution in [0, 0.1) is 0 Å². The van der Waals surface area contributed by atoms with Gasteiger partial charge in [0.2, 0.25) is 0 Å². The molecule has 0 spiro atoms. The molecule has 0 amide bonds. The summed E-state index contributed by atoms with van der Waals surface area (Å²) in [4.78, 5) is 10.1. The minimum atomic E-state index is 0.674. The summed E-state index contributed by atoms with van der Waals surface area (Å²) in [7, 11) is 0. The molecule has 0 aliphatic heterocycles. The van der Waals surface area contributed by atoms with E-state index in [0.717, 1.165) is 99.4 Å². The molecule has 0 radical (unpaired) electrons. The molecule has 11 rings (SSSR count). The summed E-state index contributed by atoms with van der Waals surface area (Å²) in [5.74, 6) is 0.674. The molecule has 0 N–H and O–H groups in total. The Labute approximate surface area is 291 Å². The fourth-order valence-corrected chi connectivity index (χ4v) is 7.73. The summed E-state index contributed by atoms with van der Waals surface area (Å²) in [5.41, 5.74) is 11.3. The topological polar surface area (TPSA) is 57.0 Å². The highest BCUT2D eigenvalue weighted by Crippen LogP contribution is 2.48. The molecule has 0 aliphatic rings. The molecule has 0 bridgehead atoms. The van der Waals surface area contributed by atoms with E-state index in [1.165, 1.54) is 0 Å². The zero-order valence-corrected chi connectivity index (χ0v) is 27.2. The standard InChI is InChI=1S/C46H27N3O2/c1-3-13-28(14-4-1)35-27-36(29-15-5-2-6-16-29)48-46(47-35)30-23-25-31(26-24-30)49-37-20-10-7-17-32(37)42-43(49)45-41(34-19-9-12-22-39(34)51-45)40-33-18-8-11-21-38(33)50-44(40)42/h1-27H. The molecule has 4 aromatic heterocycles. The molecule has 4 heterocycles. The third-order valence-electron chi connectivity index (χ3n) is 10.0. The van der Waals surface area contributed by atoms with Gasteiger partial charge < -0.3 is 13.4 Å². The Kier molecular flexibility index (Phi) is 5.89. The first-order chi connectivity index (χ1) is 25.3. The van der Waals surface area contributed by atoms with Crippen molar-refractivity contribution in [1.29, 1.82) is 0 Å². The second kappa shape index (κ2) is 10.8. The van der Waals surface area contributed by atoms with Gasteiger partial charge in [-0.2, -0.15) is 0 Å². The van der Waals surface area contributed by atoms with Gasteiger partial charge >= 0.3 is 0 Å². The largest absolute Gasteiger partial charge is 0.455 e. The zero-order chi connectivity index (χ0) is 33.5. The van der Waals surface area contributed by atoms with Crippen LogP contribution in [-0.2, 0) is 0 Å². The third kappa shape index (κ3) is 4.15. The summed E-state index contributed by atoms with van der Waals surface area (Å²) in [6.45, 7) is 0. The Morgan fingerprint density at radius 2 is 0.922 bits per heavy atom. The lowest BCUT2D eigenvalue weighted by molar-refractivity contribution is 0.667. The maximum Gasteiger partial charge on any atom is 0.160 e. The number of nitrogens with zero attached hydrogens (tertiary/aromatic N) is 3. The normalized spacial score (nSPS) is 11.9. The molecule has 0 aliphatic carbocycles. The Morgan fingerprint density at radius 1 is 0.412 bits per heavy atom. The van der Waals surface area contributed by atoms with Crippen molar-refractivity contribution in [2.45, 2.75) is 0 Å². The molecule has 5 nitrogen and oxygen atoms in total. The molecule has 0 atom stereocenters. The van der Waals surface area contributed by atoms with E-state index in [-0.39, 0.29) is 0 Å². The third-order valence-corrected chi connectivity index (χ3v) is 10.0. The van der Waals surface area contributed by atoms with Crippen LogP contribution in [0.2, 0.25) is 0 Å². The number of benzene rings is 7. The van der Waals surface area contributed by atoms with E-state index in [2.05, 4.69) is 108 Å². The highest BCUT2D eigenvalue weighted by Gasteiger charge is 2.26. The van der Waals surface area contributed by atoms with E-state index >= 15 is 0 Å². The summed E-state index contributed by atoms with van der Waals surface area (Å²) in [6.07, 6.45) is 0. The van der Waals surface area contributed by atoms with Crippen molar-refractivity contribution in [1.82, 2.24) is 14.5 Å². The summed E-state index contributed by atoms with van der Waals surface area (Å²) >= 11 is 0. The Hall–Kier alpha value is -6.98. The maximum absolute atomic E-state index is 6.80. The van der Waals surface area contributed by atoms with E-state index in [9.17, 15) is 0 Å². The lowest BCUT2D eigenvalue weighted by Gasteiger charge is -2.11. The van der Waals surface area contributed by atoms with Crippen LogP contribution in [0.5, 0.6) is 0 Å². The van der Waals surface area contributed by atoms with E-state index < -0.39 is 0 Å². The molecular weight excluding hydrogens is 627 g/mol. The lowest BCUT2D eigenvalue weighted by atomic mass is 10.0. The number of para-hydroxylation sites is 3. The first kappa shape index (κ1) is 27.9. The van der Waals surface area contributed by atoms with Crippen LogP contribution in [0.4, 0.5) is 0 Å². The van der Waals surface area contributed by atoms with Crippen LogP contribution in [0.3, 0.4) is 0 Å². The lowest BCUT2D eigenvalue weighted by Crippen LogP contribution is -1.97. The van der Waals surface area contributed by atoms with Crippen LogP contribution >= 0.6 is 0 Å². The number of hydrogen-bond donors (Lipinski definition) is 0. The van der Waals surface area contributed by atoms with Crippen LogP contribution < -0.4 is 0 Å². The smallest absolute Gasteiger partial charge is 0.160 e. The highest BCUT2D eigenvalue weighted by molar-refractivity contribution is 6.38. The Morgan fingerprint density at radius 3 is 1.55 bits per heavy atom. The molecule has 238 valence electrons. The number of hydrogen-bond acceptors (Lipinski definition) is 4. The first-order valence-corrected chi connectivity index (χ1v) is 17.1. The molecular formula is C46H27N3O2. The predicted molar refractivity (Wildman–Crippen MR) is 207 cm³/mol. The van der Waals surface area contributed by atoms with Crippen LogP contribution in [0.15, 0.2) is 173 Å². The summed E-state index contributed by atoms with van der Waals surface area (Å²) in [6, 6.07) is 56.3. The van der Waals surface area contributed by atoms with Crippen molar-refractivity contribution in [2.75, 3.05) is 0 Å². The molecule has 0 saturated carbocycles. The van der Waals surface area contributed by atoms with Gasteiger partial charge in [-0.25, -0.2) is 9.97 Å². The van der Waals surface area contributed by atoms with E-state index in [1.807, 2.05) is 60.7 Å². The van der Waals surface area contributed by atoms with Crippen molar-refractivity contribution < 1.29 is 8.83 Å². The summed E-state index contributed by atoms with van der Waals surface area (Å²) in [5, 5.41) is 6.45. The van der Waals surface area contributed by atoms with Gasteiger partial charge in [0.15, 0.2) is 11.4 Å². The maximum atomic E-state index is 6.80. The SMILES string of the molecule is c1ccc(-c2cc(-c3ccccc3)nc(-c3ccc(-n4c5ccccc5c5c6oc7ccccc7c6c6c7ccccc7oc6c54)cc3)n2)cc1. The number of fused-ring (bicyclic) bond motifs is 12. The fraction of sp³-hybridized carbons (Fsp3) is 0. The van der Waals surface area contributed by atoms with Crippen LogP contribution in [-0.4, -0.2) is 14.5 Å². The summed E-state index contributed by atoms with van der Waals surface area (Å²) < 4.78 is 15.9. The van der Waals surface area contributed by atoms with Gasteiger partial charge in [-0.05, 0) is 48.5 Å². The van der Waals surface area contributed by atoms with Gasteiger partial charge in [0.05, 0.1) is 22.3 Å². The average Bonchev–Trinajstić information content (AvgIpc) is 3.88. The van der Waals surface area contributed by atoms with Gasteiger partial charge in [0.25, 0.3) is 0 Å². The monoisotopic (exact) mass is 653 g/mol. The molecule has 11 aromatic rings. The van der Waals surface area contributed by atoms with Gasteiger partial charge in [-0.3, -0.25) is 0 Å². The molecule has 51 heavy (non-hydrogen) atoms. The van der Waals surface area contributed by atoms with Crippen molar-refractivity contribution in [3.8, 4) is 39.6 Å². The van der Waals surface area contributed by atoms with Crippen molar-refractivity contribution >= 4 is 65.7 Å². The number of furan rings is 2. The molecule has 0 fully saturated rings. The zero-order valence-electron chi connectivity index (χ0n) is 27.2. The second-order valence-electron chi connectivity index (χ2n) is 12.9. The Balaban J connectivity index is 1.17. The molecule has 7 aromatic carbocycles. The highest BCUT2D eigenvalue weighted by atomic mass is 16.3. The Bertz CT molecular complexity index is 3060. The first-order valence-electron chi connectivity index (χ1n) is 17.1. The fourth-order valence-electron chi connectivity index (χ4n) is 7.73. The minimum absolute atomic E-state index is 0.674. The number of rotatable bonds is 4. The van der Waals surface area contributed by atoms with Gasteiger partial charge in [-0.1, -0.05) is 115 Å². The molecule has 5 heteroatoms. The second-order valence-corrected chi connectivity index (χ2v) is 12.9.